The van der Waals surface area contributed by atoms with Gasteiger partial charge in [0.15, 0.2) is 18.1 Å². The minimum absolute atomic E-state index is 0.272. The van der Waals surface area contributed by atoms with Crippen LogP contribution in [0.3, 0.4) is 0 Å². The zero-order valence-corrected chi connectivity index (χ0v) is 21.8. The quantitative estimate of drug-likeness (QED) is 0.229. The number of alkyl halides is 3. The number of aromatic nitrogens is 2. The first-order valence-electron chi connectivity index (χ1n) is 12.2. The molecular formula is C29H25F3N4O4. The Kier molecular flexibility index (Phi) is 8.29. The molecule has 1 heterocycles. The van der Waals surface area contributed by atoms with E-state index >= 15 is 0 Å². The number of H-pyrrole nitrogens is 1. The Morgan fingerprint density at radius 1 is 1.05 bits per heavy atom. The van der Waals surface area contributed by atoms with Crippen molar-refractivity contribution in [3.8, 4) is 23.3 Å². The number of anilines is 1. The largest absolute Gasteiger partial charge is 0.573 e. The van der Waals surface area contributed by atoms with Crippen LogP contribution in [0.2, 0.25) is 0 Å². The van der Waals surface area contributed by atoms with Crippen molar-refractivity contribution in [2.45, 2.75) is 27.1 Å². The number of ether oxygens (including phenoxy) is 3. The summed E-state index contributed by atoms with van der Waals surface area (Å²) in [6.45, 7) is 5.76. The Balaban J connectivity index is 1.46. The fourth-order valence-electron chi connectivity index (χ4n) is 3.80. The SMILES string of the molecule is CCOc1cc(/C=C(\C#N)c2nc3cc(C)c(C)cc3[nH]2)ccc1OCC(=O)Nc1ccc(OC(F)(F)F)cc1. The summed E-state index contributed by atoms with van der Waals surface area (Å²) in [7, 11) is 0. The van der Waals surface area contributed by atoms with Crippen molar-refractivity contribution in [1.29, 1.82) is 5.26 Å². The summed E-state index contributed by atoms with van der Waals surface area (Å²) in [6, 6.07) is 15.9. The predicted molar refractivity (Wildman–Crippen MR) is 144 cm³/mol. The van der Waals surface area contributed by atoms with Crippen LogP contribution in [0.15, 0.2) is 54.6 Å². The monoisotopic (exact) mass is 550 g/mol. The maximum atomic E-state index is 12.3. The topological polar surface area (TPSA) is 109 Å². The molecule has 0 saturated heterocycles. The second-order valence-electron chi connectivity index (χ2n) is 8.76. The number of amides is 1. The second-order valence-corrected chi connectivity index (χ2v) is 8.76. The summed E-state index contributed by atoms with van der Waals surface area (Å²) < 4.78 is 52.0. The van der Waals surface area contributed by atoms with Crippen molar-refractivity contribution in [3.63, 3.8) is 0 Å². The first kappa shape index (κ1) is 28.0. The van der Waals surface area contributed by atoms with Gasteiger partial charge in [-0.15, -0.1) is 13.2 Å². The Bertz CT molecular complexity index is 1560. The summed E-state index contributed by atoms with van der Waals surface area (Å²) >= 11 is 0. The molecule has 0 spiro atoms. The van der Waals surface area contributed by atoms with Gasteiger partial charge in [-0.3, -0.25) is 4.79 Å². The lowest BCUT2D eigenvalue weighted by Gasteiger charge is -2.13. The molecule has 40 heavy (non-hydrogen) atoms. The number of hydrogen-bond donors (Lipinski definition) is 2. The lowest BCUT2D eigenvalue weighted by Crippen LogP contribution is -2.20. The van der Waals surface area contributed by atoms with Crippen molar-refractivity contribution in [2.75, 3.05) is 18.5 Å². The number of carbonyl (C=O) groups excluding carboxylic acids is 1. The number of aryl methyl sites for hydroxylation is 2. The number of rotatable bonds is 9. The van der Waals surface area contributed by atoms with E-state index in [9.17, 15) is 23.2 Å². The van der Waals surface area contributed by atoms with Crippen LogP contribution in [0.5, 0.6) is 17.2 Å². The lowest BCUT2D eigenvalue weighted by molar-refractivity contribution is -0.274. The molecule has 4 aromatic rings. The highest BCUT2D eigenvalue weighted by Crippen LogP contribution is 2.31. The third-order valence-corrected chi connectivity index (χ3v) is 5.78. The van der Waals surface area contributed by atoms with Gasteiger partial charge in [0.25, 0.3) is 5.91 Å². The normalized spacial score (nSPS) is 11.7. The van der Waals surface area contributed by atoms with E-state index in [1.165, 1.54) is 12.1 Å². The molecule has 0 saturated carbocycles. The molecule has 0 aliphatic carbocycles. The van der Waals surface area contributed by atoms with E-state index in [-0.39, 0.29) is 12.3 Å². The number of hydrogen-bond acceptors (Lipinski definition) is 6. The minimum Gasteiger partial charge on any atom is -0.490 e. The summed E-state index contributed by atoms with van der Waals surface area (Å²) in [4.78, 5) is 20.1. The molecule has 0 fully saturated rings. The van der Waals surface area contributed by atoms with E-state index in [1.807, 2.05) is 26.0 Å². The zero-order chi connectivity index (χ0) is 28.9. The first-order chi connectivity index (χ1) is 19.0. The Morgan fingerprint density at radius 3 is 2.45 bits per heavy atom. The summed E-state index contributed by atoms with van der Waals surface area (Å²) in [5.41, 5.74) is 5.08. The Labute approximate surface area is 228 Å². The third-order valence-electron chi connectivity index (χ3n) is 5.78. The molecule has 0 aliphatic heterocycles. The second kappa shape index (κ2) is 11.8. The molecule has 1 amide bonds. The number of nitrogens with zero attached hydrogens (tertiary/aromatic N) is 2. The van der Waals surface area contributed by atoms with Crippen molar-refractivity contribution in [3.05, 3.63) is 77.1 Å². The van der Waals surface area contributed by atoms with Gasteiger partial charge in [-0.1, -0.05) is 6.07 Å². The molecule has 0 radical (unpaired) electrons. The van der Waals surface area contributed by atoms with Gasteiger partial charge in [-0.25, -0.2) is 4.98 Å². The average molecular weight is 551 g/mol. The highest BCUT2D eigenvalue weighted by Gasteiger charge is 2.31. The number of allylic oxidation sites excluding steroid dienone is 1. The summed E-state index contributed by atoms with van der Waals surface area (Å²) in [5, 5.41) is 12.3. The van der Waals surface area contributed by atoms with Crippen LogP contribution >= 0.6 is 0 Å². The number of carbonyl (C=O) groups is 1. The molecule has 8 nitrogen and oxygen atoms in total. The van der Waals surface area contributed by atoms with Gasteiger partial charge in [0.1, 0.15) is 17.6 Å². The molecule has 0 unspecified atom stereocenters. The van der Waals surface area contributed by atoms with Crippen LogP contribution in [-0.4, -0.2) is 35.5 Å². The van der Waals surface area contributed by atoms with E-state index in [0.29, 0.717) is 35.1 Å². The molecule has 2 N–H and O–H groups in total. The number of nitrogens with one attached hydrogen (secondary N) is 2. The van der Waals surface area contributed by atoms with Crippen LogP contribution in [0.4, 0.5) is 18.9 Å². The fraction of sp³-hybridized carbons (Fsp3) is 0.207. The van der Waals surface area contributed by atoms with Gasteiger partial charge < -0.3 is 24.5 Å². The van der Waals surface area contributed by atoms with E-state index < -0.39 is 18.0 Å². The standard InChI is InChI=1S/C29H25F3N4O4/c1-4-38-26-14-19(13-20(15-33)28-35-23-11-17(2)18(3)12-24(23)36-28)5-10-25(26)39-16-27(37)34-21-6-8-22(9-7-21)40-29(30,31)32/h5-14H,4,16H2,1-3H3,(H,34,37)(H,35,36)/b20-13+. The van der Waals surface area contributed by atoms with E-state index in [1.54, 1.807) is 31.2 Å². The van der Waals surface area contributed by atoms with E-state index in [0.717, 1.165) is 34.3 Å². The lowest BCUT2D eigenvalue weighted by atomic mass is 10.1. The number of halogens is 3. The number of nitriles is 1. The Hall–Kier alpha value is -4.98. The number of imidazole rings is 1. The van der Waals surface area contributed by atoms with Gasteiger partial charge in [-0.2, -0.15) is 5.26 Å². The highest BCUT2D eigenvalue weighted by molar-refractivity contribution is 5.92. The van der Waals surface area contributed by atoms with E-state index in [2.05, 4.69) is 26.1 Å². The van der Waals surface area contributed by atoms with Crippen LogP contribution < -0.4 is 19.5 Å². The summed E-state index contributed by atoms with van der Waals surface area (Å²) in [5.74, 6) is 0.179. The zero-order valence-electron chi connectivity index (χ0n) is 21.8. The minimum atomic E-state index is -4.80. The van der Waals surface area contributed by atoms with Crippen LogP contribution in [0, 0.1) is 25.2 Å². The Morgan fingerprint density at radius 2 is 1.77 bits per heavy atom. The highest BCUT2D eigenvalue weighted by atomic mass is 19.4. The van der Waals surface area contributed by atoms with Crippen molar-refractivity contribution in [1.82, 2.24) is 9.97 Å². The molecule has 1 aromatic heterocycles. The predicted octanol–water partition coefficient (Wildman–Crippen LogP) is 6.56. The fourth-order valence-corrected chi connectivity index (χ4v) is 3.80. The van der Waals surface area contributed by atoms with Crippen LogP contribution in [0.25, 0.3) is 22.7 Å². The van der Waals surface area contributed by atoms with Crippen LogP contribution in [-0.2, 0) is 4.79 Å². The van der Waals surface area contributed by atoms with Crippen molar-refractivity contribution in [2.24, 2.45) is 0 Å². The number of aromatic amines is 1. The van der Waals surface area contributed by atoms with Crippen molar-refractivity contribution >= 4 is 34.3 Å². The number of fused-ring (bicyclic) bond motifs is 1. The maximum absolute atomic E-state index is 12.3. The molecule has 0 atom stereocenters. The maximum Gasteiger partial charge on any atom is 0.573 e. The van der Waals surface area contributed by atoms with Gasteiger partial charge >= 0.3 is 6.36 Å². The van der Waals surface area contributed by atoms with Gasteiger partial charge in [0.05, 0.1) is 23.2 Å². The molecule has 3 aromatic carbocycles. The molecule has 0 bridgehead atoms. The molecule has 4 rings (SSSR count). The molecule has 0 aliphatic rings. The van der Waals surface area contributed by atoms with Gasteiger partial charge in [0, 0.05) is 5.69 Å². The number of benzene rings is 3. The van der Waals surface area contributed by atoms with Crippen molar-refractivity contribution < 1.29 is 32.2 Å². The van der Waals surface area contributed by atoms with E-state index in [4.69, 9.17) is 9.47 Å². The molecule has 11 heteroatoms. The molecule has 206 valence electrons. The smallest absolute Gasteiger partial charge is 0.490 e. The van der Waals surface area contributed by atoms with Gasteiger partial charge in [-0.05, 0) is 92.1 Å². The molecular weight excluding hydrogens is 525 g/mol. The average Bonchev–Trinajstić information content (AvgIpc) is 3.29. The first-order valence-corrected chi connectivity index (χ1v) is 12.2. The summed E-state index contributed by atoms with van der Waals surface area (Å²) in [6.07, 6.45) is -3.13. The van der Waals surface area contributed by atoms with Gasteiger partial charge in [0.2, 0.25) is 0 Å². The third kappa shape index (κ3) is 7.11. The van der Waals surface area contributed by atoms with Crippen LogP contribution in [0.1, 0.15) is 29.4 Å².